The van der Waals surface area contributed by atoms with E-state index >= 15 is 0 Å². The Morgan fingerprint density at radius 3 is 2.71 bits per heavy atom. The van der Waals surface area contributed by atoms with E-state index in [2.05, 4.69) is 12.2 Å². The smallest absolute Gasteiger partial charge is 0.338 e. The van der Waals surface area contributed by atoms with E-state index in [9.17, 15) is 4.79 Å². The number of hydrogen-bond donors (Lipinski definition) is 1. The summed E-state index contributed by atoms with van der Waals surface area (Å²) in [4.78, 5) is 11.7. The van der Waals surface area contributed by atoms with Crippen molar-refractivity contribution in [3.63, 3.8) is 0 Å². The summed E-state index contributed by atoms with van der Waals surface area (Å²) in [5.74, 6) is -0.317. The maximum atomic E-state index is 11.7. The first-order valence-corrected chi connectivity index (χ1v) is 7.14. The summed E-state index contributed by atoms with van der Waals surface area (Å²) in [6.07, 6.45) is 0. The van der Waals surface area contributed by atoms with Gasteiger partial charge in [-0.25, -0.2) is 4.79 Å². The van der Waals surface area contributed by atoms with Gasteiger partial charge in [0.1, 0.15) is 0 Å². The molecule has 0 radical (unpaired) electrons. The lowest BCUT2D eigenvalue weighted by molar-refractivity contribution is 0.0599. The molecule has 4 heteroatoms. The van der Waals surface area contributed by atoms with Gasteiger partial charge >= 0.3 is 5.97 Å². The number of ether oxygens (including phenoxy) is 1. The molecule has 0 aliphatic carbocycles. The van der Waals surface area contributed by atoms with Crippen molar-refractivity contribution >= 4 is 17.6 Å². The molecule has 0 heterocycles. The van der Waals surface area contributed by atoms with Gasteiger partial charge in [0.15, 0.2) is 0 Å². The minimum Gasteiger partial charge on any atom is -0.465 e. The summed E-state index contributed by atoms with van der Waals surface area (Å²) >= 11 is 6.00. The highest BCUT2D eigenvalue weighted by molar-refractivity contribution is 6.30. The van der Waals surface area contributed by atoms with E-state index in [1.165, 1.54) is 7.11 Å². The zero-order valence-electron chi connectivity index (χ0n) is 12.1. The number of carbonyl (C=O) groups is 1. The summed E-state index contributed by atoms with van der Waals surface area (Å²) in [5.41, 5.74) is 2.61. The molecular formula is C17H18ClNO2. The third kappa shape index (κ3) is 4.06. The zero-order chi connectivity index (χ0) is 15.2. The molecule has 2 aromatic carbocycles. The zero-order valence-corrected chi connectivity index (χ0v) is 12.9. The fourth-order valence-electron chi connectivity index (χ4n) is 2.14. The molecule has 21 heavy (non-hydrogen) atoms. The molecule has 0 fully saturated rings. The molecule has 0 saturated heterocycles. The molecule has 1 atom stereocenters. The van der Waals surface area contributed by atoms with E-state index in [0.717, 1.165) is 16.1 Å². The highest BCUT2D eigenvalue weighted by Gasteiger charge is 2.12. The first kappa shape index (κ1) is 15.5. The summed E-state index contributed by atoms with van der Waals surface area (Å²) < 4.78 is 4.80. The van der Waals surface area contributed by atoms with Crippen LogP contribution in [0.4, 0.5) is 0 Å². The number of benzene rings is 2. The quantitative estimate of drug-likeness (QED) is 0.849. The van der Waals surface area contributed by atoms with Crippen LogP contribution in [-0.2, 0) is 11.3 Å². The van der Waals surface area contributed by atoms with Crippen molar-refractivity contribution in [3.8, 4) is 0 Å². The first-order chi connectivity index (χ1) is 10.1. The van der Waals surface area contributed by atoms with Gasteiger partial charge in [0, 0.05) is 17.6 Å². The number of esters is 1. The average Bonchev–Trinajstić information content (AvgIpc) is 2.52. The molecule has 0 saturated carbocycles. The summed E-state index contributed by atoms with van der Waals surface area (Å²) in [6, 6.07) is 15.3. The van der Waals surface area contributed by atoms with Gasteiger partial charge in [0.05, 0.1) is 12.7 Å². The van der Waals surface area contributed by atoms with Crippen LogP contribution < -0.4 is 5.32 Å². The molecular weight excluding hydrogens is 286 g/mol. The largest absolute Gasteiger partial charge is 0.465 e. The van der Waals surface area contributed by atoms with Crippen molar-refractivity contribution in [3.05, 3.63) is 70.2 Å². The predicted octanol–water partition coefficient (Wildman–Crippen LogP) is 3.98. The summed E-state index contributed by atoms with van der Waals surface area (Å²) in [7, 11) is 1.39. The number of rotatable bonds is 5. The number of hydrogen-bond acceptors (Lipinski definition) is 3. The molecule has 0 amide bonds. The Balaban J connectivity index is 2.08. The van der Waals surface area contributed by atoms with Gasteiger partial charge in [-0.2, -0.15) is 0 Å². The number of halogens is 1. The Morgan fingerprint density at radius 2 is 2.00 bits per heavy atom. The Hall–Kier alpha value is -1.84. The molecule has 0 spiro atoms. The third-order valence-corrected chi connectivity index (χ3v) is 3.61. The average molecular weight is 304 g/mol. The number of carbonyl (C=O) groups excluding carboxylic acids is 1. The van der Waals surface area contributed by atoms with Gasteiger partial charge in [-0.1, -0.05) is 41.9 Å². The number of nitrogens with one attached hydrogen (secondary N) is 1. The highest BCUT2D eigenvalue weighted by Crippen LogP contribution is 2.18. The van der Waals surface area contributed by atoms with Crippen molar-refractivity contribution in [2.45, 2.75) is 19.5 Å². The van der Waals surface area contributed by atoms with Crippen molar-refractivity contribution < 1.29 is 9.53 Å². The minimum atomic E-state index is -0.317. The Morgan fingerprint density at radius 1 is 1.24 bits per heavy atom. The lowest BCUT2D eigenvalue weighted by Gasteiger charge is -2.16. The number of methoxy groups -OCH3 is 1. The molecule has 0 aromatic heterocycles. The Labute approximate surface area is 129 Å². The summed E-state index contributed by atoms with van der Waals surface area (Å²) in [5, 5.41) is 4.11. The normalized spacial score (nSPS) is 12.0. The second kappa shape index (κ2) is 7.25. The van der Waals surface area contributed by atoms with E-state index in [4.69, 9.17) is 16.3 Å². The predicted molar refractivity (Wildman–Crippen MR) is 84.5 cm³/mol. The highest BCUT2D eigenvalue weighted by atomic mass is 35.5. The standard InChI is InChI=1S/C17H18ClNO2/c1-12(13-7-5-8-15(18)10-13)19-11-14-6-3-4-9-16(14)17(20)21-2/h3-10,12,19H,11H2,1-2H3. The monoisotopic (exact) mass is 303 g/mol. The van der Waals surface area contributed by atoms with Crippen LogP contribution in [-0.4, -0.2) is 13.1 Å². The van der Waals surface area contributed by atoms with Crippen molar-refractivity contribution in [1.82, 2.24) is 5.32 Å². The molecule has 0 aliphatic heterocycles. The third-order valence-electron chi connectivity index (χ3n) is 3.37. The second-order valence-electron chi connectivity index (χ2n) is 4.81. The van der Waals surface area contributed by atoms with Crippen LogP contribution in [0.2, 0.25) is 5.02 Å². The fraction of sp³-hybridized carbons (Fsp3) is 0.235. The molecule has 0 bridgehead atoms. The molecule has 3 nitrogen and oxygen atoms in total. The van der Waals surface area contributed by atoms with Crippen molar-refractivity contribution in [2.75, 3.05) is 7.11 Å². The maximum absolute atomic E-state index is 11.7. The van der Waals surface area contributed by atoms with E-state index in [1.54, 1.807) is 6.07 Å². The van der Waals surface area contributed by atoms with Gasteiger partial charge < -0.3 is 10.1 Å². The van der Waals surface area contributed by atoms with Crippen molar-refractivity contribution in [1.29, 1.82) is 0 Å². The van der Waals surface area contributed by atoms with E-state index in [0.29, 0.717) is 12.1 Å². The summed E-state index contributed by atoms with van der Waals surface area (Å²) in [6.45, 7) is 2.64. The van der Waals surface area contributed by atoms with Gasteiger partial charge in [0.2, 0.25) is 0 Å². The lowest BCUT2D eigenvalue weighted by Crippen LogP contribution is -2.20. The molecule has 1 N–H and O–H groups in total. The van der Waals surface area contributed by atoms with E-state index in [1.807, 2.05) is 42.5 Å². The van der Waals surface area contributed by atoms with E-state index in [-0.39, 0.29) is 12.0 Å². The molecule has 1 unspecified atom stereocenters. The van der Waals surface area contributed by atoms with E-state index < -0.39 is 0 Å². The molecule has 2 rings (SSSR count). The van der Waals surface area contributed by atoms with Crippen LogP contribution in [0.5, 0.6) is 0 Å². The van der Waals surface area contributed by atoms with Gasteiger partial charge in [-0.15, -0.1) is 0 Å². The van der Waals surface area contributed by atoms with Crippen LogP contribution in [0.3, 0.4) is 0 Å². The Bertz CT molecular complexity index is 628. The van der Waals surface area contributed by atoms with Gasteiger partial charge in [-0.05, 0) is 36.2 Å². The van der Waals surface area contributed by atoms with Gasteiger partial charge in [-0.3, -0.25) is 0 Å². The molecule has 110 valence electrons. The van der Waals surface area contributed by atoms with Crippen LogP contribution in [0, 0.1) is 0 Å². The van der Waals surface area contributed by atoms with Crippen LogP contribution in [0.15, 0.2) is 48.5 Å². The maximum Gasteiger partial charge on any atom is 0.338 e. The fourth-order valence-corrected chi connectivity index (χ4v) is 2.34. The SMILES string of the molecule is COC(=O)c1ccccc1CNC(C)c1cccc(Cl)c1. The lowest BCUT2D eigenvalue weighted by atomic mass is 10.1. The van der Waals surface area contributed by atoms with Crippen LogP contribution in [0.25, 0.3) is 0 Å². The second-order valence-corrected chi connectivity index (χ2v) is 5.24. The van der Waals surface area contributed by atoms with Gasteiger partial charge in [0.25, 0.3) is 0 Å². The molecule has 0 aliphatic rings. The molecule has 2 aromatic rings. The topological polar surface area (TPSA) is 38.3 Å². The van der Waals surface area contributed by atoms with Crippen LogP contribution >= 0.6 is 11.6 Å². The van der Waals surface area contributed by atoms with Crippen molar-refractivity contribution in [2.24, 2.45) is 0 Å². The minimum absolute atomic E-state index is 0.134. The Kier molecular flexibility index (Phi) is 5.37. The van der Waals surface area contributed by atoms with Crippen LogP contribution in [0.1, 0.15) is 34.5 Å². The first-order valence-electron chi connectivity index (χ1n) is 6.77.